The maximum absolute atomic E-state index is 12.4. The number of amides is 1. The van der Waals surface area contributed by atoms with E-state index in [1.54, 1.807) is 18.6 Å². The summed E-state index contributed by atoms with van der Waals surface area (Å²) in [6.07, 6.45) is 10.0. The topological polar surface area (TPSA) is 72.5 Å². The summed E-state index contributed by atoms with van der Waals surface area (Å²) in [6.45, 7) is 4.53. The van der Waals surface area contributed by atoms with Gasteiger partial charge in [0.2, 0.25) is 0 Å². The SMILES string of the molecule is O=C(NC1CCN(C[C@H]2CCCO2)CC1)c1ccc(Cn2ccnc2)o1. The highest BCUT2D eigenvalue weighted by Crippen LogP contribution is 2.17. The number of piperidine rings is 1. The van der Waals surface area contributed by atoms with Gasteiger partial charge in [-0.2, -0.15) is 0 Å². The lowest BCUT2D eigenvalue weighted by Crippen LogP contribution is -2.46. The number of ether oxygens (including phenoxy) is 1. The van der Waals surface area contributed by atoms with Crippen molar-refractivity contribution in [2.45, 2.75) is 44.4 Å². The summed E-state index contributed by atoms with van der Waals surface area (Å²) in [5.74, 6) is 1.00. The number of carbonyl (C=O) groups is 1. The van der Waals surface area contributed by atoms with Crippen molar-refractivity contribution in [1.82, 2.24) is 19.8 Å². The molecule has 7 nitrogen and oxygen atoms in total. The second-order valence-corrected chi connectivity index (χ2v) is 7.18. The van der Waals surface area contributed by atoms with E-state index in [0.29, 0.717) is 18.4 Å². The number of rotatable bonds is 6. The fourth-order valence-corrected chi connectivity index (χ4v) is 3.74. The molecule has 0 radical (unpaired) electrons. The van der Waals surface area contributed by atoms with Crippen LogP contribution in [0.2, 0.25) is 0 Å². The van der Waals surface area contributed by atoms with Crippen LogP contribution in [0.3, 0.4) is 0 Å². The second kappa shape index (κ2) is 8.05. The maximum atomic E-state index is 12.4. The lowest BCUT2D eigenvalue weighted by Gasteiger charge is -2.33. The first kappa shape index (κ1) is 17.3. The molecule has 2 aliphatic rings. The highest BCUT2D eigenvalue weighted by atomic mass is 16.5. The number of nitrogens with one attached hydrogen (secondary N) is 1. The zero-order valence-corrected chi connectivity index (χ0v) is 15.0. The summed E-state index contributed by atoms with van der Waals surface area (Å²) in [5.41, 5.74) is 0. The standard InChI is InChI=1S/C19H26N4O3/c24-19(18-4-3-17(26-18)13-23-10-7-20-14-23)21-15-5-8-22(9-6-15)12-16-2-1-11-25-16/h3-4,7,10,14-16H,1-2,5-6,8-9,11-13H2,(H,21,24)/t16-/m1/s1. The average Bonchev–Trinajstić information content (AvgIpc) is 3.40. The van der Waals surface area contributed by atoms with E-state index in [1.807, 2.05) is 16.8 Å². The minimum atomic E-state index is -0.126. The molecule has 0 bridgehead atoms. The predicted octanol–water partition coefficient (Wildman–Crippen LogP) is 1.90. The third-order valence-electron chi connectivity index (χ3n) is 5.19. The first-order chi connectivity index (χ1) is 12.8. The van der Waals surface area contributed by atoms with Crippen molar-refractivity contribution in [3.8, 4) is 0 Å². The van der Waals surface area contributed by atoms with E-state index in [9.17, 15) is 4.79 Å². The van der Waals surface area contributed by atoms with Gasteiger partial charge in [-0.05, 0) is 37.8 Å². The first-order valence-electron chi connectivity index (χ1n) is 9.45. The van der Waals surface area contributed by atoms with Crippen molar-refractivity contribution >= 4 is 5.91 Å². The zero-order valence-electron chi connectivity index (χ0n) is 15.0. The molecule has 2 aromatic heterocycles. The molecule has 140 valence electrons. The highest BCUT2D eigenvalue weighted by Gasteiger charge is 2.25. The number of carbonyl (C=O) groups excluding carboxylic acids is 1. The molecule has 7 heteroatoms. The fourth-order valence-electron chi connectivity index (χ4n) is 3.74. The van der Waals surface area contributed by atoms with E-state index in [1.165, 1.54) is 12.8 Å². The van der Waals surface area contributed by atoms with Crippen LogP contribution in [0.25, 0.3) is 0 Å². The third kappa shape index (κ3) is 4.34. The Kier molecular flexibility index (Phi) is 5.36. The number of aromatic nitrogens is 2. The quantitative estimate of drug-likeness (QED) is 0.854. The Bertz CT molecular complexity index is 698. The Morgan fingerprint density at radius 1 is 1.27 bits per heavy atom. The van der Waals surface area contributed by atoms with Crippen LogP contribution >= 0.6 is 0 Å². The molecule has 1 atom stereocenters. The van der Waals surface area contributed by atoms with Gasteiger partial charge < -0.3 is 23.9 Å². The summed E-state index contributed by atoms with van der Waals surface area (Å²) in [6, 6.07) is 3.80. The zero-order chi connectivity index (χ0) is 17.8. The molecule has 1 amide bonds. The monoisotopic (exact) mass is 358 g/mol. The van der Waals surface area contributed by atoms with E-state index in [2.05, 4.69) is 15.2 Å². The summed E-state index contributed by atoms with van der Waals surface area (Å²) >= 11 is 0. The smallest absolute Gasteiger partial charge is 0.287 e. The van der Waals surface area contributed by atoms with Gasteiger partial charge in [0, 0.05) is 44.7 Å². The van der Waals surface area contributed by atoms with Crippen LogP contribution in [0.5, 0.6) is 0 Å². The number of hydrogen-bond donors (Lipinski definition) is 1. The molecule has 1 N–H and O–H groups in total. The number of hydrogen-bond acceptors (Lipinski definition) is 5. The number of likely N-dealkylation sites (tertiary alicyclic amines) is 1. The molecule has 4 rings (SSSR count). The van der Waals surface area contributed by atoms with Crippen LogP contribution in [0.4, 0.5) is 0 Å². The van der Waals surface area contributed by atoms with Gasteiger partial charge in [0.15, 0.2) is 5.76 Å². The van der Waals surface area contributed by atoms with Crippen LogP contribution in [0.15, 0.2) is 35.3 Å². The summed E-state index contributed by atoms with van der Waals surface area (Å²) in [5, 5.41) is 3.11. The highest BCUT2D eigenvalue weighted by molar-refractivity contribution is 5.91. The molecular formula is C19H26N4O3. The molecule has 4 heterocycles. The van der Waals surface area contributed by atoms with E-state index < -0.39 is 0 Å². The van der Waals surface area contributed by atoms with Crippen LogP contribution in [-0.4, -0.2) is 58.7 Å². The second-order valence-electron chi connectivity index (χ2n) is 7.18. The first-order valence-corrected chi connectivity index (χ1v) is 9.45. The average molecular weight is 358 g/mol. The van der Waals surface area contributed by atoms with Gasteiger partial charge in [0.25, 0.3) is 5.91 Å². The van der Waals surface area contributed by atoms with Crippen LogP contribution in [-0.2, 0) is 11.3 Å². The number of imidazole rings is 1. The number of nitrogens with zero attached hydrogens (tertiary/aromatic N) is 3. The molecule has 0 spiro atoms. The largest absolute Gasteiger partial charge is 0.454 e. The van der Waals surface area contributed by atoms with Crippen molar-refractivity contribution in [2.24, 2.45) is 0 Å². The lowest BCUT2D eigenvalue weighted by molar-refractivity contribution is 0.0609. The Balaban J connectivity index is 1.23. The van der Waals surface area contributed by atoms with E-state index >= 15 is 0 Å². The van der Waals surface area contributed by atoms with Gasteiger partial charge in [0.1, 0.15) is 5.76 Å². The van der Waals surface area contributed by atoms with Gasteiger partial charge >= 0.3 is 0 Å². The molecule has 0 aliphatic carbocycles. The van der Waals surface area contributed by atoms with Crippen molar-refractivity contribution < 1.29 is 13.9 Å². The predicted molar refractivity (Wildman–Crippen MR) is 95.9 cm³/mol. The van der Waals surface area contributed by atoms with Gasteiger partial charge in [-0.1, -0.05) is 0 Å². The molecule has 2 fully saturated rings. The fraction of sp³-hybridized carbons (Fsp3) is 0.579. The van der Waals surface area contributed by atoms with Gasteiger partial charge in [-0.15, -0.1) is 0 Å². The van der Waals surface area contributed by atoms with E-state index in [-0.39, 0.29) is 11.9 Å². The molecule has 2 aromatic rings. The molecular weight excluding hydrogens is 332 g/mol. The Morgan fingerprint density at radius 3 is 2.88 bits per heavy atom. The lowest BCUT2D eigenvalue weighted by atomic mass is 10.0. The Hall–Kier alpha value is -2.12. The molecule has 26 heavy (non-hydrogen) atoms. The maximum Gasteiger partial charge on any atom is 0.287 e. The third-order valence-corrected chi connectivity index (χ3v) is 5.19. The van der Waals surface area contributed by atoms with Crippen molar-refractivity contribution in [3.63, 3.8) is 0 Å². The normalized spacial score (nSPS) is 21.9. The number of furan rings is 1. The molecule has 0 saturated carbocycles. The van der Waals surface area contributed by atoms with Crippen molar-refractivity contribution in [1.29, 1.82) is 0 Å². The Labute approximate surface area is 153 Å². The van der Waals surface area contributed by atoms with Gasteiger partial charge in [0.05, 0.1) is 19.0 Å². The summed E-state index contributed by atoms with van der Waals surface area (Å²) < 4.78 is 13.3. The molecule has 0 aromatic carbocycles. The molecule has 2 saturated heterocycles. The summed E-state index contributed by atoms with van der Waals surface area (Å²) in [4.78, 5) is 18.9. The van der Waals surface area contributed by atoms with Gasteiger partial charge in [-0.25, -0.2) is 4.98 Å². The van der Waals surface area contributed by atoms with Crippen molar-refractivity contribution in [3.05, 3.63) is 42.4 Å². The Morgan fingerprint density at radius 2 is 2.15 bits per heavy atom. The molecule has 2 aliphatic heterocycles. The minimum Gasteiger partial charge on any atom is -0.454 e. The van der Waals surface area contributed by atoms with E-state index in [4.69, 9.17) is 9.15 Å². The van der Waals surface area contributed by atoms with Crippen LogP contribution in [0, 0.1) is 0 Å². The molecule has 0 unspecified atom stereocenters. The van der Waals surface area contributed by atoms with Crippen molar-refractivity contribution in [2.75, 3.05) is 26.2 Å². The minimum absolute atomic E-state index is 0.126. The van der Waals surface area contributed by atoms with E-state index in [0.717, 1.165) is 44.8 Å². The van der Waals surface area contributed by atoms with Crippen LogP contribution in [0.1, 0.15) is 42.0 Å². The van der Waals surface area contributed by atoms with Crippen LogP contribution < -0.4 is 5.32 Å². The van der Waals surface area contributed by atoms with Gasteiger partial charge in [-0.3, -0.25) is 4.79 Å². The summed E-state index contributed by atoms with van der Waals surface area (Å²) in [7, 11) is 0.